The van der Waals surface area contributed by atoms with Crippen molar-refractivity contribution in [2.45, 2.75) is 35.6 Å². The zero-order chi connectivity index (χ0) is 17.4. The molecule has 0 radical (unpaired) electrons. The van der Waals surface area contributed by atoms with Gasteiger partial charge in [-0.2, -0.15) is 0 Å². The van der Waals surface area contributed by atoms with Gasteiger partial charge in [0.15, 0.2) is 0 Å². The predicted octanol–water partition coefficient (Wildman–Crippen LogP) is 4.89. The molecule has 1 N–H and O–H groups in total. The molecule has 26 heavy (non-hydrogen) atoms. The topological polar surface area (TPSA) is 43.8 Å². The molecule has 2 aliphatic rings. The number of benzene rings is 2. The molecule has 0 unspecified atom stereocenters. The third kappa shape index (κ3) is 3.56. The lowest BCUT2D eigenvalue weighted by molar-refractivity contribution is 0.0697. The average molecular weight is 391 g/mol. The van der Waals surface area contributed by atoms with Gasteiger partial charge in [0.25, 0.3) is 0 Å². The molecule has 0 spiro atoms. The van der Waals surface area contributed by atoms with Crippen molar-refractivity contribution in [3.8, 4) is 0 Å². The van der Waals surface area contributed by atoms with Crippen LogP contribution in [0.3, 0.4) is 0 Å². The first kappa shape index (κ1) is 19.1. The lowest BCUT2D eigenvalue weighted by atomic mass is 10.1. The first-order chi connectivity index (χ1) is 12.1. The Hall–Kier alpha value is -1.69. The van der Waals surface area contributed by atoms with Gasteiger partial charge < -0.3 is 14.9 Å². The summed E-state index contributed by atoms with van der Waals surface area (Å²) in [6, 6.07) is 14.1. The van der Waals surface area contributed by atoms with Crippen molar-refractivity contribution in [1.29, 1.82) is 0 Å². The van der Waals surface area contributed by atoms with Gasteiger partial charge in [-0.05, 0) is 63.2 Å². The Bertz CT molecular complexity index is 808. The Morgan fingerprint density at radius 1 is 1.12 bits per heavy atom. The van der Waals surface area contributed by atoms with Gasteiger partial charge in [0, 0.05) is 22.4 Å². The summed E-state index contributed by atoms with van der Waals surface area (Å²) in [7, 11) is 0. The second-order valence-electron chi connectivity index (χ2n) is 6.78. The van der Waals surface area contributed by atoms with Crippen molar-refractivity contribution in [2.24, 2.45) is 0 Å². The van der Waals surface area contributed by atoms with Gasteiger partial charge in [0.2, 0.25) is 0 Å². The van der Waals surface area contributed by atoms with Crippen LogP contribution in [0.15, 0.2) is 52.3 Å². The molecule has 2 aliphatic heterocycles. The normalized spacial score (nSPS) is 17.2. The highest BCUT2D eigenvalue weighted by atomic mass is 35.5. The van der Waals surface area contributed by atoms with Gasteiger partial charge in [0.1, 0.15) is 0 Å². The third-order valence-corrected chi connectivity index (χ3v) is 6.10. The molecule has 0 aliphatic carbocycles. The molecule has 0 saturated carbocycles. The van der Waals surface area contributed by atoms with Gasteiger partial charge in [-0.15, -0.1) is 12.4 Å². The van der Waals surface area contributed by atoms with Crippen molar-refractivity contribution >= 4 is 41.5 Å². The number of carbonyl (C=O) groups is 1. The van der Waals surface area contributed by atoms with E-state index in [4.69, 9.17) is 0 Å². The molecule has 1 fully saturated rings. The molecule has 6 heteroatoms. The number of hydrogen-bond donors (Lipinski definition) is 1. The van der Waals surface area contributed by atoms with Crippen molar-refractivity contribution in [2.75, 3.05) is 24.5 Å². The van der Waals surface area contributed by atoms with Gasteiger partial charge in [-0.25, -0.2) is 4.79 Å². The van der Waals surface area contributed by atoms with Crippen LogP contribution in [0.4, 0.5) is 11.4 Å². The lowest BCUT2D eigenvalue weighted by Gasteiger charge is -2.38. The number of nitrogens with zero attached hydrogens (tertiary/aromatic N) is 2. The number of aromatic carboxylic acids is 1. The summed E-state index contributed by atoms with van der Waals surface area (Å²) < 4.78 is 0. The van der Waals surface area contributed by atoms with Crippen LogP contribution in [0, 0.1) is 0 Å². The molecule has 2 aromatic carbocycles. The van der Waals surface area contributed by atoms with E-state index in [2.05, 4.69) is 41.0 Å². The molecule has 1 saturated heterocycles. The van der Waals surface area contributed by atoms with E-state index in [1.165, 1.54) is 23.4 Å². The largest absolute Gasteiger partial charge is 0.478 e. The Morgan fingerprint density at radius 3 is 2.54 bits per heavy atom. The van der Waals surface area contributed by atoms with Gasteiger partial charge in [0.05, 0.1) is 16.9 Å². The second-order valence-corrected chi connectivity index (χ2v) is 7.87. The summed E-state index contributed by atoms with van der Waals surface area (Å²) in [5.41, 5.74) is 2.53. The monoisotopic (exact) mass is 390 g/mol. The molecule has 138 valence electrons. The molecule has 0 aromatic heterocycles. The Morgan fingerprint density at radius 2 is 1.81 bits per heavy atom. The van der Waals surface area contributed by atoms with E-state index in [1.54, 1.807) is 17.8 Å². The van der Waals surface area contributed by atoms with Crippen molar-refractivity contribution in [1.82, 2.24) is 4.90 Å². The number of likely N-dealkylation sites (tertiary alicyclic amines) is 1. The fraction of sp³-hybridized carbons (Fsp3) is 0.350. The number of para-hydroxylation sites is 1. The number of hydrogen-bond acceptors (Lipinski definition) is 4. The second kappa shape index (κ2) is 7.91. The summed E-state index contributed by atoms with van der Waals surface area (Å²) in [5, 5.41) is 9.40. The molecule has 0 bridgehead atoms. The van der Waals surface area contributed by atoms with Crippen LogP contribution in [0.5, 0.6) is 0 Å². The van der Waals surface area contributed by atoms with Crippen LogP contribution in [0.2, 0.25) is 0 Å². The van der Waals surface area contributed by atoms with E-state index in [0.29, 0.717) is 5.56 Å². The highest BCUT2D eigenvalue weighted by molar-refractivity contribution is 7.99. The Labute approximate surface area is 164 Å². The summed E-state index contributed by atoms with van der Waals surface area (Å²) in [6.45, 7) is 5.56. The molecule has 2 aromatic rings. The van der Waals surface area contributed by atoms with E-state index in [1.807, 2.05) is 12.1 Å². The van der Waals surface area contributed by atoms with E-state index in [-0.39, 0.29) is 18.4 Å². The highest BCUT2D eigenvalue weighted by Gasteiger charge is 2.29. The molecule has 0 amide bonds. The standard InChI is InChI=1S/C20H22N2O2S.ClH/c1-14(13-21-10-4-5-11-21)22-16-6-2-3-7-18(16)25-19-9-8-15(20(23)24)12-17(19)22;/h2-3,6-9,12,14H,4-5,10-11,13H2,1H3,(H,23,24);1H/t14-;/m1./s1. The van der Waals surface area contributed by atoms with Crippen molar-refractivity contribution in [3.05, 3.63) is 48.0 Å². The lowest BCUT2D eigenvalue weighted by Crippen LogP contribution is -2.40. The zero-order valence-electron chi connectivity index (χ0n) is 14.7. The quantitative estimate of drug-likeness (QED) is 0.804. The van der Waals surface area contributed by atoms with Gasteiger partial charge in [-0.1, -0.05) is 23.9 Å². The van der Waals surface area contributed by atoms with Crippen LogP contribution in [-0.2, 0) is 0 Å². The summed E-state index contributed by atoms with van der Waals surface area (Å²) in [6.07, 6.45) is 2.55. The minimum Gasteiger partial charge on any atom is -0.478 e. The van der Waals surface area contributed by atoms with Crippen molar-refractivity contribution in [3.63, 3.8) is 0 Å². The fourth-order valence-electron chi connectivity index (χ4n) is 3.81. The molecule has 4 nitrogen and oxygen atoms in total. The minimum atomic E-state index is -0.876. The molecular formula is C20H23ClN2O2S. The SMILES string of the molecule is C[C@H](CN1CCCC1)N1c2ccccc2Sc2ccc(C(=O)O)cc21.Cl. The minimum absolute atomic E-state index is 0. The van der Waals surface area contributed by atoms with E-state index in [0.717, 1.165) is 30.2 Å². The first-order valence-electron chi connectivity index (χ1n) is 8.79. The van der Waals surface area contributed by atoms with E-state index >= 15 is 0 Å². The van der Waals surface area contributed by atoms with Crippen LogP contribution in [0.25, 0.3) is 0 Å². The first-order valence-corrected chi connectivity index (χ1v) is 9.61. The van der Waals surface area contributed by atoms with Crippen LogP contribution >= 0.6 is 24.2 Å². The van der Waals surface area contributed by atoms with E-state index in [9.17, 15) is 9.90 Å². The number of fused-ring (bicyclic) bond motifs is 2. The number of carboxylic acids is 1. The predicted molar refractivity (Wildman–Crippen MR) is 108 cm³/mol. The van der Waals surface area contributed by atoms with Crippen LogP contribution in [-0.4, -0.2) is 41.7 Å². The maximum Gasteiger partial charge on any atom is 0.335 e. The van der Waals surface area contributed by atoms with Crippen LogP contribution in [0.1, 0.15) is 30.1 Å². The summed E-state index contributed by atoms with van der Waals surface area (Å²) in [5.74, 6) is -0.876. The van der Waals surface area contributed by atoms with Gasteiger partial charge >= 0.3 is 5.97 Å². The number of rotatable bonds is 4. The number of anilines is 2. The molecule has 1 atom stereocenters. The Balaban J connectivity index is 0.00000196. The molecule has 2 heterocycles. The summed E-state index contributed by atoms with van der Waals surface area (Å²) >= 11 is 1.72. The van der Waals surface area contributed by atoms with Crippen LogP contribution < -0.4 is 4.90 Å². The average Bonchev–Trinajstić information content (AvgIpc) is 3.11. The number of halogens is 1. The van der Waals surface area contributed by atoms with E-state index < -0.39 is 5.97 Å². The Kier molecular flexibility index (Phi) is 5.80. The fourth-order valence-corrected chi connectivity index (χ4v) is 4.86. The van der Waals surface area contributed by atoms with Crippen molar-refractivity contribution < 1.29 is 9.90 Å². The zero-order valence-corrected chi connectivity index (χ0v) is 16.4. The van der Waals surface area contributed by atoms with Gasteiger partial charge in [-0.3, -0.25) is 0 Å². The number of carboxylic acid groups (broad SMARTS) is 1. The maximum absolute atomic E-state index is 11.5. The summed E-state index contributed by atoms with van der Waals surface area (Å²) in [4.78, 5) is 18.6. The molecule has 4 rings (SSSR count). The third-order valence-electron chi connectivity index (χ3n) is 4.97. The molecular weight excluding hydrogens is 368 g/mol. The smallest absolute Gasteiger partial charge is 0.335 e. The highest BCUT2D eigenvalue weighted by Crippen LogP contribution is 2.49. The maximum atomic E-state index is 11.5.